The van der Waals surface area contributed by atoms with Crippen LogP contribution in [0.25, 0.3) is 0 Å². The normalized spacial score (nSPS) is 10.6. The van der Waals surface area contributed by atoms with Gasteiger partial charge in [0.15, 0.2) is 0 Å². The fourth-order valence-corrected chi connectivity index (χ4v) is 2.99. The predicted molar refractivity (Wildman–Crippen MR) is 97.3 cm³/mol. The minimum atomic E-state index is -0.342. The highest BCUT2D eigenvalue weighted by Gasteiger charge is 2.08. The first-order valence-electron chi connectivity index (χ1n) is 7.66. The summed E-state index contributed by atoms with van der Waals surface area (Å²) in [5, 5.41) is 8.76. The first-order valence-corrected chi connectivity index (χ1v) is 9.02. The second kappa shape index (κ2) is 8.69. The van der Waals surface area contributed by atoms with Gasteiger partial charge in [-0.05, 0) is 29.8 Å². The van der Waals surface area contributed by atoms with Gasteiger partial charge >= 0.3 is 5.97 Å². The van der Waals surface area contributed by atoms with Gasteiger partial charge in [-0.1, -0.05) is 47.1 Å². The van der Waals surface area contributed by atoms with Gasteiger partial charge in [0.25, 0.3) is 0 Å². The molecule has 0 N–H and O–H groups in total. The molecule has 1 aromatic heterocycles. The Morgan fingerprint density at radius 3 is 2.64 bits per heavy atom. The number of hydrogen-bond donors (Lipinski definition) is 0. The summed E-state index contributed by atoms with van der Waals surface area (Å²) in [6.07, 6.45) is 1.76. The van der Waals surface area contributed by atoms with Gasteiger partial charge in [-0.3, -0.25) is 4.79 Å². The van der Waals surface area contributed by atoms with E-state index in [-0.39, 0.29) is 19.1 Å². The second-order valence-electron chi connectivity index (χ2n) is 5.30. The molecule has 0 atom stereocenters. The van der Waals surface area contributed by atoms with Crippen LogP contribution in [-0.2, 0) is 28.4 Å². The maximum atomic E-state index is 11.9. The summed E-state index contributed by atoms with van der Waals surface area (Å²) in [5.41, 5.74) is 1.75. The Morgan fingerprint density at radius 1 is 1.12 bits per heavy atom. The number of carbonyl (C=O) groups is 1. The van der Waals surface area contributed by atoms with Gasteiger partial charge in [-0.2, -0.15) is 0 Å². The van der Waals surface area contributed by atoms with Crippen LogP contribution in [0, 0.1) is 0 Å². The van der Waals surface area contributed by atoms with Gasteiger partial charge in [0.1, 0.15) is 13.2 Å². The first-order chi connectivity index (χ1) is 12.2. The van der Waals surface area contributed by atoms with Crippen molar-refractivity contribution in [3.8, 4) is 0 Å². The van der Waals surface area contributed by atoms with Crippen LogP contribution in [0.4, 0.5) is 0 Å². The topological polar surface area (TPSA) is 57.0 Å². The molecule has 25 heavy (non-hydrogen) atoms. The highest BCUT2D eigenvalue weighted by atomic mass is 35.5. The number of rotatable bonds is 7. The van der Waals surface area contributed by atoms with E-state index in [2.05, 4.69) is 10.3 Å². The van der Waals surface area contributed by atoms with Crippen LogP contribution in [0.15, 0.2) is 65.7 Å². The summed E-state index contributed by atoms with van der Waals surface area (Å²) >= 11 is 7.50. The summed E-state index contributed by atoms with van der Waals surface area (Å²) in [4.78, 5) is 13.0. The summed E-state index contributed by atoms with van der Waals surface area (Å²) in [6, 6.07) is 17.2. The molecule has 128 valence electrons. The first kappa shape index (κ1) is 17.5. The van der Waals surface area contributed by atoms with Gasteiger partial charge in [0.2, 0.25) is 0 Å². The lowest BCUT2D eigenvalue weighted by Crippen LogP contribution is -2.14. The Bertz CT molecular complexity index is 822. The molecule has 0 aliphatic carbocycles. The number of esters is 1. The van der Waals surface area contributed by atoms with E-state index in [1.165, 1.54) is 4.68 Å². The van der Waals surface area contributed by atoms with Gasteiger partial charge in [0, 0.05) is 21.9 Å². The molecule has 0 fully saturated rings. The minimum absolute atomic E-state index is 0.0471. The van der Waals surface area contributed by atoms with E-state index in [0.717, 1.165) is 16.2 Å². The van der Waals surface area contributed by atoms with E-state index < -0.39 is 0 Å². The van der Waals surface area contributed by atoms with Crippen LogP contribution in [0.5, 0.6) is 0 Å². The van der Waals surface area contributed by atoms with Gasteiger partial charge in [0.05, 0.1) is 5.69 Å². The van der Waals surface area contributed by atoms with Crippen molar-refractivity contribution in [2.75, 3.05) is 0 Å². The molecule has 2 aromatic carbocycles. The molecule has 5 nitrogen and oxygen atoms in total. The highest BCUT2D eigenvalue weighted by molar-refractivity contribution is 7.98. The largest absolute Gasteiger partial charge is 0.459 e. The number of benzene rings is 2. The Hall–Kier alpha value is -2.31. The van der Waals surface area contributed by atoms with Crippen molar-refractivity contribution < 1.29 is 9.53 Å². The fraction of sp³-hybridized carbons (Fsp3) is 0.167. The smallest absolute Gasteiger partial charge is 0.328 e. The molecule has 7 heteroatoms. The third-order valence-electron chi connectivity index (χ3n) is 3.32. The lowest BCUT2D eigenvalue weighted by atomic mass is 10.2. The zero-order valence-corrected chi connectivity index (χ0v) is 14.9. The minimum Gasteiger partial charge on any atom is -0.459 e. The second-order valence-corrected chi connectivity index (χ2v) is 6.78. The van der Waals surface area contributed by atoms with E-state index in [1.54, 1.807) is 18.0 Å². The average Bonchev–Trinajstić information content (AvgIpc) is 3.08. The van der Waals surface area contributed by atoms with Crippen molar-refractivity contribution in [2.24, 2.45) is 0 Å². The molecule has 0 radical (unpaired) electrons. The van der Waals surface area contributed by atoms with Crippen LogP contribution in [0.1, 0.15) is 11.3 Å². The Labute approximate surface area is 155 Å². The number of halogens is 1. The van der Waals surface area contributed by atoms with Crippen molar-refractivity contribution in [2.45, 2.75) is 23.8 Å². The fourth-order valence-electron chi connectivity index (χ4n) is 2.09. The zero-order chi connectivity index (χ0) is 17.5. The molecule has 0 aliphatic heterocycles. The van der Waals surface area contributed by atoms with Crippen LogP contribution in [-0.4, -0.2) is 21.0 Å². The molecular weight excluding hydrogens is 358 g/mol. The molecule has 0 amide bonds. The van der Waals surface area contributed by atoms with Crippen molar-refractivity contribution in [1.29, 1.82) is 0 Å². The van der Waals surface area contributed by atoms with Gasteiger partial charge in [-0.15, -0.1) is 16.9 Å². The molecule has 0 saturated heterocycles. The number of hydrogen-bond acceptors (Lipinski definition) is 5. The van der Waals surface area contributed by atoms with E-state index in [0.29, 0.717) is 10.8 Å². The monoisotopic (exact) mass is 373 g/mol. The lowest BCUT2D eigenvalue weighted by Gasteiger charge is -2.04. The third kappa shape index (κ3) is 5.62. The zero-order valence-electron chi connectivity index (χ0n) is 13.3. The molecule has 1 heterocycles. The summed E-state index contributed by atoms with van der Waals surface area (Å²) in [6.45, 7) is 0.305. The predicted octanol–water partition coefficient (Wildman–Crippen LogP) is 3.97. The third-order valence-corrected chi connectivity index (χ3v) is 4.62. The maximum Gasteiger partial charge on any atom is 0.328 e. The van der Waals surface area contributed by atoms with Crippen LogP contribution < -0.4 is 0 Å². The van der Waals surface area contributed by atoms with E-state index >= 15 is 0 Å². The van der Waals surface area contributed by atoms with Gasteiger partial charge < -0.3 is 4.74 Å². The lowest BCUT2D eigenvalue weighted by molar-refractivity contribution is -0.145. The number of carbonyl (C=O) groups excluding carboxylic acids is 1. The Balaban J connectivity index is 1.46. The van der Waals surface area contributed by atoms with Crippen LogP contribution in [0.3, 0.4) is 0 Å². The molecule has 3 rings (SSSR count). The van der Waals surface area contributed by atoms with Crippen molar-refractivity contribution in [3.63, 3.8) is 0 Å². The number of nitrogens with zero attached hydrogens (tertiary/aromatic N) is 3. The molecule has 0 unspecified atom stereocenters. The van der Waals surface area contributed by atoms with E-state index in [1.807, 2.05) is 54.6 Å². The van der Waals surface area contributed by atoms with Crippen molar-refractivity contribution in [3.05, 3.63) is 77.1 Å². The maximum absolute atomic E-state index is 11.9. The average molecular weight is 374 g/mol. The summed E-state index contributed by atoms with van der Waals surface area (Å²) in [7, 11) is 0. The highest BCUT2D eigenvalue weighted by Crippen LogP contribution is 2.23. The molecule has 0 spiro atoms. The van der Waals surface area contributed by atoms with E-state index in [4.69, 9.17) is 16.3 Å². The Morgan fingerprint density at radius 2 is 1.88 bits per heavy atom. The van der Waals surface area contributed by atoms with Gasteiger partial charge in [-0.25, -0.2) is 4.68 Å². The number of ether oxygens (including phenoxy) is 1. The number of thioether (sulfide) groups is 1. The quantitative estimate of drug-likeness (QED) is 0.463. The molecule has 0 saturated carbocycles. The standard InChI is InChI=1S/C18H16ClN3O2S/c19-15-6-8-17(9-7-15)25-13-16-10-22(21-20-16)11-18(23)24-12-14-4-2-1-3-5-14/h1-10H,11-13H2. The molecule has 3 aromatic rings. The van der Waals surface area contributed by atoms with Crippen molar-refractivity contribution in [1.82, 2.24) is 15.0 Å². The number of aromatic nitrogens is 3. The Kier molecular flexibility index (Phi) is 6.09. The van der Waals surface area contributed by atoms with Crippen LogP contribution >= 0.6 is 23.4 Å². The van der Waals surface area contributed by atoms with Crippen LogP contribution in [0.2, 0.25) is 5.02 Å². The SMILES string of the molecule is O=C(Cn1cc(CSc2ccc(Cl)cc2)nn1)OCc1ccccc1. The summed E-state index contributed by atoms with van der Waals surface area (Å²) < 4.78 is 6.73. The molecular formula is C18H16ClN3O2S. The summed E-state index contributed by atoms with van der Waals surface area (Å²) in [5.74, 6) is 0.325. The van der Waals surface area contributed by atoms with E-state index in [9.17, 15) is 4.79 Å². The molecule has 0 aliphatic rings. The van der Waals surface area contributed by atoms with Crippen molar-refractivity contribution >= 4 is 29.3 Å². The molecule has 0 bridgehead atoms.